The van der Waals surface area contributed by atoms with E-state index in [0.717, 1.165) is 12.1 Å². The number of nitrogens with zero attached hydrogens (tertiary/aromatic N) is 2. The Bertz CT molecular complexity index is 339. The number of aromatic nitrogens is 1. The third kappa shape index (κ3) is 3.27. The average Bonchev–Trinajstić information content (AvgIpc) is 2.19. The first-order valence-electron chi connectivity index (χ1n) is 3.96. The van der Waals surface area contributed by atoms with Crippen molar-refractivity contribution in [3.63, 3.8) is 0 Å². The molecule has 0 amide bonds. The Balaban J connectivity index is 2.73. The normalized spacial score (nSPS) is 10.2. The second-order valence-electron chi connectivity index (χ2n) is 2.44. The number of pyridine rings is 1. The van der Waals surface area contributed by atoms with Crippen LogP contribution in [0.2, 0.25) is 0 Å². The van der Waals surface area contributed by atoms with Crippen molar-refractivity contribution in [3.8, 4) is 6.07 Å². The van der Waals surface area contributed by atoms with E-state index in [0.29, 0.717) is 11.6 Å². The van der Waals surface area contributed by atoms with E-state index in [9.17, 15) is 0 Å². The Morgan fingerprint density at radius 2 is 2.38 bits per heavy atom. The van der Waals surface area contributed by atoms with Crippen molar-refractivity contribution in [2.24, 2.45) is 0 Å². The van der Waals surface area contributed by atoms with Crippen LogP contribution in [0, 0.1) is 11.3 Å². The maximum absolute atomic E-state index is 8.58. The first-order valence-corrected chi connectivity index (χ1v) is 4.50. The number of nitriles is 1. The van der Waals surface area contributed by atoms with Crippen molar-refractivity contribution in [1.82, 2.24) is 4.98 Å². The van der Waals surface area contributed by atoms with Gasteiger partial charge in [0.05, 0.1) is 5.69 Å². The van der Waals surface area contributed by atoms with E-state index >= 15 is 0 Å². The standard InChI is InChI=1S/C10H9ClN2/c11-7-2-1-4-9-5-3-6-10(8-12)13-9/h1,3-6H,2,7H2. The average molecular weight is 193 g/mol. The van der Waals surface area contributed by atoms with E-state index in [2.05, 4.69) is 4.98 Å². The van der Waals surface area contributed by atoms with Gasteiger partial charge in [-0.3, -0.25) is 0 Å². The zero-order valence-electron chi connectivity index (χ0n) is 7.07. The first kappa shape index (κ1) is 9.76. The molecule has 1 rings (SSSR count). The Morgan fingerprint density at radius 1 is 1.54 bits per heavy atom. The van der Waals surface area contributed by atoms with Crippen molar-refractivity contribution in [3.05, 3.63) is 35.7 Å². The summed E-state index contributed by atoms with van der Waals surface area (Å²) in [6.45, 7) is 0. The summed E-state index contributed by atoms with van der Waals surface area (Å²) in [5, 5.41) is 8.58. The van der Waals surface area contributed by atoms with E-state index in [1.165, 1.54) is 0 Å². The molecule has 0 spiro atoms. The molecule has 0 saturated carbocycles. The lowest BCUT2D eigenvalue weighted by Gasteiger charge is -1.92. The van der Waals surface area contributed by atoms with E-state index in [4.69, 9.17) is 16.9 Å². The van der Waals surface area contributed by atoms with Crippen molar-refractivity contribution in [1.29, 1.82) is 5.26 Å². The smallest absolute Gasteiger partial charge is 0.141 e. The highest BCUT2D eigenvalue weighted by atomic mass is 35.5. The molecular formula is C10H9ClN2. The van der Waals surface area contributed by atoms with Crippen LogP contribution in [0.1, 0.15) is 17.8 Å². The molecule has 0 aliphatic carbocycles. The molecule has 0 atom stereocenters. The number of hydrogen-bond acceptors (Lipinski definition) is 2. The lowest BCUT2D eigenvalue weighted by Crippen LogP contribution is -1.84. The predicted octanol–water partition coefficient (Wildman–Crippen LogP) is 2.60. The maximum Gasteiger partial charge on any atom is 0.141 e. The fraction of sp³-hybridized carbons (Fsp3) is 0.200. The molecule has 0 aromatic carbocycles. The van der Waals surface area contributed by atoms with Crippen LogP contribution < -0.4 is 0 Å². The largest absolute Gasteiger partial charge is 0.238 e. The molecule has 0 fully saturated rings. The van der Waals surface area contributed by atoms with Crippen LogP contribution in [0.5, 0.6) is 0 Å². The highest BCUT2D eigenvalue weighted by Crippen LogP contribution is 2.01. The summed E-state index contributed by atoms with van der Waals surface area (Å²) in [4.78, 5) is 4.07. The Morgan fingerprint density at radius 3 is 3.08 bits per heavy atom. The Kier molecular flexibility index (Phi) is 4.01. The summed E-state index contributed by atoms with van der Waals surface area (Å²) in [6.07, 6.45) is 4.62. The zero-order valence-corrected chi connectivity index (χ0v) is 7.83. The van der Waals surface area contributed by atoms with Crippen LogP contribution in [0.4, 0.5) is 0 Å². The van der Waals surface area contributed by atoms with Gasteiger partial charge in [0.1, 0.15) is 11.8 Å². The lowest BCUT2D eigenvalue weighted by atomic mass is 10.3. The van der Waals surface area contributed by atoms with E-state index in [-0.39, 0.29) is 0 Å². The molecule has 3 heteroatoms. The van der Waals surface area contributed by atoms with Crippen LogP contribution in [0.25, 0.3) is 6.08 Å². The van der Waals surface area contributed by atoms with E-state index in [1.807, 2.05) is 30.4 Å². The lowest BCUT2D eigenvalue weighted by molar-refractivity contribution is 1.21. The summed E-state index contributed by atoms with van der Waals surface area (Å²) in [5.74, 6) is 0.606. The molecule has 0 radical (unpaired) electrons. The van der Waals surface area contributed by atoms with Crippen molar-refractivity contribution in [2.45, 2.75) is 6.42 Å². The summed E-state index contributed by atoms with van der Waals surface area (Å²) >= 11 is 5.50. The SMILES string of the molecule is N#Cc1cccc(C=CCCCl)n1. The molecular weight excluding hydrogens is 184 g/mol. The van der Waals surface area contributed by atoms with Crippen LogP contribution in [0.3, 0.4) is 0 Å². The Labute approximate surface area is 82.5 Å². The van der Waals surface area contributed by atoms with Crippen molar-refractivity contribution in [2.75, 3.05) is 5.88 Å². The molecule has 13 heavy (non-hydrogen) atoms. The molecule has 1 aromatic heterocycles. The molecule has 0 saturated heterocycles. The fourth-order valence-electron chi connectivity index (χ4n) is 0.874. The van der Waals surface area contributed by atoms with Gasteiger partial charge in [-0.25, -0.2) is 4.98 Å². The molecule has 2 nitrogen and oxygen atoms in total. The van der Waals surface area contributed by atoms with Crippen LogP contribution in [0.15, 0.2) is 24.3 Å². The van der Waals surface area contributed by atoms with Gasteiger partial charge < -0.3 is 0 Å². The second kappa shape index (κ2) is 5.34. The molecule has 0 N–H and O–H groups in total. The van der Waals surface area contributed by atoms with E-state index < -0.39 is 0 Å². The number of halogens is 1. The summed E-state index contributed by atoms with van der Waals surface area (Å²) in [7, 11) is 0. The molecule has 0 aliphatic heterocycles. The molecule has 1 aromatic rings. The molecule has 0 bridgehead atoms. The highest BCUT2D eigenvalue weighted by Gasteiger charge is 1.91. The maximum atomic E-state index is 8.58. The highest BCUT2D eigenvalue weighted by molar-refractivity contribution is 6.17. The minimum absolute atomic E-state index is 0.438. The van der Waals surface area contributed by atoms with Gasteiger partial charge >= 0.3 is 0 Å². The van der Waals surface area contributed by atoms with Crippen LogP contribution in [-0.2, 0) is 0 Å². The van der Waals surface area contributed by atoms with Gasteiger partial charge in [-0.1, -0.05) is 12.1 Å². The minimum atomic E-state index is 0.438. The molecule has 0 unspecified atom stereocenters. The van der Waals surface area contributed by atoms with Gasteiger partial charge in [-0.15, -0.1) is 11.6 Å². The number of allylic oxidation sites excluding steroid dienone is 1. The predicted molar refractivity (Wildman–Crippen MR) is 53.3 cm³/mol. The third-order valence-corrected chi connectivity index (χ3v) is 1.67. The number of rotatable bonds is 3. The topological polar surface area (TPSA) is 36.7 Å². The number of alkyl halides is 1. The Hall–Kier alpha value is -1.33. The molecule has 66 valence electrons. The molecule has 0 aliphatic rings. The van der Waals surface area contributed by atoms with Gasteiger partial charge in [0.15, 0.2) is 0 Å². The second-order valence-corrected chi connectivity index (χ2v) is 2.82. The third-order valence-electron chi connectivity index (χ3n) is 1.45. The van der Waals surface area contributed by atoms with Gasteiger partial charge in [0, 0.05) is 5.88 Å². The van der Waals surface area contributed by atoms with Crippen LogP contribution >= 0.6 is 11.6 Å². The van der Waals surface area contributed by atoms with E-state index in [1.54, 1.807) is 6.07 Å². The van der Waals surface area contributed by atoms with Gasteiger partial charge in [-0.2, -0.15) is 5.26 Å². The van der Waals surface area contributed by atoms with Crippen molar-refractivity contribution >= 4 is 17.7 Å². The number of hydrogen-bond donors (Lipinski definition) is 0. The first-order chi connectivity index (χ1) is 6.36. The van der Waals surface area contributed by atoms with Crippen molar-refractivity contribution < 1.29 is 0 Å². The minimum Gasteiger partial charge on any atom is -0.238 e. The summed E-state index contributed by atoms with van der Waals surface area (Å²) < 4.78 is 0. The van der Waals surface area contributed by atoms with Gasteiger partial charge in [0.25, 0.3) is 0 Å². The fourth-order valence-corrected chi connectivity index (χ4v) is 1.000. The summed E-state index contributed by atoms with van der Waals surface area (Å²) in [5.41, 5.74) is 1.23. The monoisotopic (exact) mass is 192 g/mol. The quantitative estimate of drug-likeness (QED) is 0.691. The van der Waals surface area contributed by atoms with Gasteiger partial charge in [0.2, 0.25) is 0 Å². The molecule has 1 heterocycles. The summed E-state index contributed by atoms with van der Waals surface area (Å²) in [6, 6.07) is 7.33. The zero-order chi connectivity index (χ0) is 9.52. The van der Waals surface area contributed by atoms with Crippen LogP contribution in [-0.4, -0.2) is 10.9 Å². The van der Waals surface area contributed by atoms with Gasteiger partial charge in [-0.05, 0) is 24.6 Å².